The molecule has 8 rings (SSSR count). The van der Waals surface area contributed by atoms with Gasteiger partial charge in [-0.1, -0.05) is 13.8 Å². The zero-order chi connectivity index (χ0) is 42.9. The van der Waals surface area contributed by atoms with Crippen LogP contribution in [0.3, 0.4) is 0 Å². The van der Waals surface area contributed by atoms with Gasteiger partial charge in [-0.2, -0.15) is 9.97 Å². The van der Waals surface area contributed by atoms with Gasteiger partial charge in [0.2, 0.25) is 11.6 Å². The molecule has 0 radical (unpaired) electrons. The summed E-state index contributed by atoms with van der Waals surface area (Å²) >= 11 is 0. The van der Waals surface area contributed by atoms with E-state index >= 15 is 0 Å². The van der Waals surface area contributed by atoms with E-state index in [-0.39, 0.29) is 58.8 Å². The van der Waals surface area contributed by atoms with Crippen molar-refractivity contribution in [1.29, 1.82) is 0 Å². The van der Waals surface area contributed by atoms with Gasteiger partial charge in [-0.3, -0.25) is 19.6 Å². The van der Waals surface area contributed by atoms with Crippen LogP contribution in [-0.2, 0) is 9.59 Å². The predicted octanol–water partition coefficient (Wildman–Crippen LogP) is 9.38. The molecule has 2 aliphatic rings. The van der Waals surface area contributed by atoms with Gasteiger partial charge in [0.05, 0.1) is 11.0 Å². The highest BCUT2D eigenvalue weighted by molar-refractivity contribution is 5.93. The number of carbonyl (C=O) groups is 2. The van der Waals surface area contributed by atoms with Gasteiger partial charge in [0.25, 0.3) is 0 Å². The summed E-state index contributed by atoms with van der Waals surface area (Å²) in [4.78, 5) is 70.7. The van der Waals surface area contributed by atoms with Crippen molar-refractivity contribution in [3.8, 4) is 11.8 Å². The fraction of sp³-hybridized carbons (Fsp3) is 0.395. The van der Waals surface area contributed by atoms with Crippen LogP contribution in [0.5, 0.6) is 11.8 Å². The van der Waals surface area contributed by atoms with Crippen molar-refractivity contribution in [3.63, 3.8) is 0 Å². The van der Waals surface area contributed by atoms with Crippen molar-refractivity contribution < 1.29 is 37.7 Å². The Bertz CT molecular complexity index is 2470. The maximum absolute atomic E-state index is 14.1. The molecule has 0 amide bonds. The lowest BCUT2D eigenvalue weighted by Crippen LogP contribution is -2.20. The van der Waals surface area contributed by atoms with E-state index in [1.165, 1.54) is 24.3 Å². The first-order valence-electron chi connectivity index (χ1n) is 20.3. The molecule has 2 atom stereocenters. The number of halogens is 2. The number of imidazole rings is 2. The molecule has 0 aliphatic heterocycles. The van der Waals surface area contributed by atoms with Gasteiger partial charge in [0.15, 0.2) is 0 Å². The number of benzene rings is 2. The van der Waals surface area contributed by atoms with E-state index in [1.807, 2.05) is 26.0 Å². The van der Waals surface area contributed by atoms with Crippen LogP contribution in [0, 0.1) is 43.7 Å². The molecule has 316 valence electrons. The van der Waals surface area contributed by atoms with Crippen molar-refractivity contribution in [1.82, 2.24) is 29.9 Å². The zero-order valence-corrected chi connectivity index (χ0v) is 33.3. The molecule has 6 aromatic rings. The van der Waals surface area contributed by atoms with Crippen LogP contribution < -0.4 is 9.47 Å². The zero-order valence-electron chi connectivity index (χ0n) is 33.3. The van der Waals surface area contributed by atoms with Gasteiger partial charge < -0.3 is 29.7 Å². The lowest BCUT2D eigenvalue weighted by atomic mass is 9.73. The SMILES string of the molecule is CC(c1nc(OC(=O)CC(=O)Oc2nc(C(C)[C@H]3CC[C@@H](c4ccnc5ccc(F)cc54)CC3)[nH]c2[N+](=O)[O-])c([N+](=O)[O-])[nH]1)[C@H]1CC[C@@H](c2ccnc3ccc(F)cc32)CC1. The molecule has 2 N–H and O–H groups in total. The molecule has 16 nitrogen and oxygen atoms in total. The number of fused-ring (bicyclic) bond motifs is 2. The second-order valence-corrected chi connectivity index (χ2v) is 16.1. The Morgan fingerprint density at radius 2 is 1.07 bits per heavy atom. The van der Waals surface area contributed by atoms with Gasteiger partial charge in [-0.25, -0.2) is 18.7 Å². The first-order chi connectivity index (χ1) is 29.3. The van der Waals surface area contributed by atoms with E-state index in [0.717, 1.165) is 84.3 Å². The monoisotopic (exact) mass is 836 g/mol. The molecule has 2 aliphatic carbocycles. The summed E-state index contributed by atoms with van der Waals surface area (Å²) in [6, 6.07) is 12.9. The smallest absolute Gasteiger partial charge is 0.385 e. The number of pyridine rings is 2. The number of aromatic amines is 2. The maximum atomic E-state index is 14.1. The van der Waals surface area contributed by atoms with Crippen LogP contribution in [0.15, 0.2) is 60.9 Å². The second kappa shape index (κ2) is 17.1. The Kier molecular flexibility index (Phi) is 11.5. The molecular formula is C43H42F2N8O8. The number of H-pyrrole nitrogens is 2. The summed E-state index contributed by atoms with van der Waals surface area (Å²) in [5.41, 5.74) is 3.49. The normalized spacial score (nSPS) is 20.3. The Balaban J connectivity index is 0.873. The lowest BCUT2D eigenvalue weighted by Gasteiger charge is -2.31. The fourth-order valence-corrected chi connectivity index (χ4v) is 9.26. The first-order valence-corrected chi connectivity index (χ1v) is 20.3. The number of carbonyl (C=O) groups excluding carboxylic acids is 2. The molecule has 4 heterocycles. The fourth-order valence-electron chi connectivity index (χ4n) is 9.26. The largest absolute Gasteiger partial charge is 0.399 e. The third-order valence-electron chi connectivity index (χ3n) is 12.6. The van der Waals surface area contributed by atoms with E-state index in [0.29, 0.717) is 0 Å². The molecule has 2 unspecified atom stereocenters. The van der Waals surface area contributed by atoms with Crippen molar-refractivity contribution in [3.05, 3.63) is 116 Å². The summed E-state index contributed by atoms with van der Waals surface area (Å²) in [5.74, 6) is -5.28. The predicted molar refractivity (Wildman–Crippen MR) is 216 cm³/mol. The molecule has 2 aromatic carbocycles. The Morgan fingerprint density at radius 3 is 1.44 bits per heavy atom. The standard InChI is InChI=1S/C43H42F2N8O8/c1-22(24-3-7-26(8-4-24)30-15-17-46-34-13-11-28(44)19-32(30)34)38-48-40(52(56)57)42(50-38)60-36(54)21-37(55)61-43-41(53(58)59)49-39(51-43)23(2)25-5-9-27(10-6-25)31-16-18-47-35-14-12-29(45)20-33(31)35/h11-20,22-27H,3-10,21H2,1-2H3,(H,48,50)(H,49,51)/t22?,23?,24-,25-,26+,27+. The molecule has 4 aromatic heterocycles. The minimum Gasteiger partial charge on any atom is -0.399 e. The average molecular weight is 837 g/mol. The molecule has 0 bridgehead atoms. The third kappa shape index (κ3) is 8.65. The molecule has 0 spiro atoms. The molecule has 0 saturated heterocycles. The van der Waals surface area contributed by atoms with Crippen LogP contribution in [0.1, 0.15) is 118 Å². The van der Waals surface area contributed by atoms with Gasteiger partial charge in [-0.05, 0) is 145 Å². The van der Waals surface area contributed by atoms with E-state index in [9.17, 15) is 38.6 Å². The Hall–Kier alpha value is -6.72. The van der Waals surface area contributed by atoms with Crippen molar-refractivity contribution in [2.24, 2.45) is 11.8 Å². The van der Waals surface area contributed by atoms with Crippen LogP contribution in [0.4, 0.5) is 20.4 Å². The average Bonchev–Trinajstić information content (AvgIpc) is 3.87. The molecule has 2 fully saturated rings. The number of nitro groups is 2. The number of nitrogens with zero attached hydrogens (tertiary/aromatic N) is 6. The van der Waals surface area contributed by atoms with Crippen LogP contribution in [0.2, 0.25) is 0 Å². The number of nitrogens with one attached hydrogen (secondary N) is 2. The van der Waals surface area contributed by atoms with E-state index < -0.39 is 51.6 Å². The van der Waals surface area contributed by atoms with Gasteiger partial charge in [0.1, 0.15) is 18.1 Å². The number of rotatable bonds is 12. The number of hydrogen-bond acceptors (Lipinski definition) is 12. The van der Waals surface area contributed by atoms with Crippen molar-refractivity contribution in [2.45, 2.75) is 95.3 Å². The lowest BCUT2D eigenvalue weighted by molar-refractivity contribution is -0.390. The molecule has 2 saturated carbocycles. The quantitative estimate of drug-likeness (QED) is 0.0509. The van der Waals surface area contributed by atoms with Crippen LogP contribution in [-0.4, -0.2) is 51.7 Å². The minimum atomic E-state index is -1.23. The summed E-state index contributed by atoms with van der Waals surface area (Å²) in [6.45, 7) is 3.75. The third-order valence-corrected chi connectivity index (χ3v) is 12.6. The summed E-state index contributed by atoms with van der Waals surface area (Å²) in [6.07, 6.45) is 8.61. The minimum absolute atomic E-state index is 0.0811. The summed E-state index contributed by atoms with van der Waals surface area (Å²) in [5, 5.41) is 25.5. The molecular weight excluding hydrogens is 795 g/mol. The number of esters is 2. The van der Waals surface area contributed by atoms with Gasteiger partial charge in [0, 0.05) is 35.0 Å². The van der Waals surface area contributed by atoms with Gasteiger partial charge in [-0.15, -0.1) is 0 Å². The topological polar surface area (TPSA) is 222 Å². The number of hydrogen-bond donors (Lipinski definition) is 2. The molecule has 18 heteroatoms. The molecule has 61 heavy (non-hydrogen) atoms. The highest BCUT2D eigenvalue weighted by Gasteiger charge is 2.36. The second-order valence-electron chi connectivity index (χ2n) is 16.1. The van der Waals surface area contributed by atoms with Crippen molar-refractivity contribution >= 4 is 45.4 Å². The van der Waals surface area contributed by atoms with Crippen LogP contribution in [0.25, 0.3) is 21.8 Å². The van der Waals surface area contributed by atoms with Gasteiger partial charge >= 0.3 is 35.3 Å². The van der Waals surface area contributed by atoms with E-state index in [2.05, 4.69) is 29.9 Å². The number of aromatic nitrogens is 6. The van der Waals surface area contributed by atoms with Crippen molar-refractivity contribution in [2.75, 3.05) is 0 Å². The summed E-state index contributed by atoms with van der Waals surface area (Å²) in [7, 11) is 0. The summed E-state index contributed by atoms with van der Waals surface area (Å²) < 4.78 is 38.5. The van der Waals surface area contributed by atoms with Crippen LogP contribution >= 0.6 is 0 Å². The Morgan fingerprint density at radius 1 is 0.672 bits per heavy atom. The highest BCUT2D eigenvalue weighted by Crippen LogP contribution is 2.45. The Labute approximate surface area is 346 Å². The number of ether oxygens (including phenoxy) is 2. The van der Waals surface area contributed by atoms with E-state index in [1.54, 1.807) is 24.5 Å². The highest BCUT2D eigenvalue weighted by atomic mass is 19.1. The maximum Gasteiger partial charge on any atom is 0.385 e. The first kappa shape index (κ1) is 41.0. The van der Waals surface area contributed by atoms with E-state index in [4.69, 9.17) is 9.47 Å².